The third-order valence-electron chi connectivity index (χ3n) is 10.4. The second-order valence-corrected chi connectivity index (χ2v) is 17.3. The van der Waals surface area contributed by atoms with Crippen molar-refractivity contribution < 1.29 is 28.0 Å². The van der Waals surface area contributed by atoms with E-state index in [1.807, 2.05) is 0 Å². The highest BCUT2D eigenvalue weighted by Crippen LogP contribution is 2.15. The molecule has 3 atom stereocenters. The Kier molecular flexibility index (Phi) is 38.7. The van der Waals surface area contributed by atoms with Crippen molar-refractivity contribution in [2.45, 2.75) is 244 Å². The molecule has 0 spiro atoms. The summed E-state index contributed by atoms with van der Waals surface area (Å²) < 4.78 is 32.6. The van der Waals surface area contributed by atoms with E-state index in [-0.39, 0.29) is 6.42 Å². The van der Waals surface area contributed by atoms with Crippen molar-refractivity contribution in [2.75, 3.05) is 5.75 Å². The molecule has 0 heterocycles. The van der Waals surface area contributed by atoms with Gasteiger partial charge in [0.2, 0.25) is 5.91 Å². The highest BCUT2D eigenvalue weighted by Gasteiger charge is 2.27. The second-order valence-electron chi connectivity index (χ2n) is 15.8. The van der Waals surface area contributed by atoms with E-state index >= 15 is 0 Å². The molecular weight excluding hydrogens is 695 g/mol. The van der Waals surface area contributed by atoms with Crippen LogP contribution in [0.25, 0.3) is 0 Å². The van der Waals surface area contributed by atoms with Gasteiger partial charge in [0.15, 0.2) is 0 Å². The molecule has 0 aliphatic heterocycles. The van der Waals surface area contributed by atoms with Gasteiger partial charge in [0, 0.05) is 0 Å². The maximum absolute atomic E-state index is 12.6. The van der Waals surface area contributed by atoms with Crippen molar-refractivity contribution in [3.63, 3.8) is 0 Å². The predicted molar refractivity (Wildman–Crippen MR) is 231 cm³/mol. The van der Waals surface area contributed by atoms with E-state index in [2.05, 4.69) is 43.5 Å². The van der Waals surface area contributed by atoms with E-state index in [1.165, 1.54) is 160 Å². The number of rotatable bonds is 41. The normalized spacial score (nSPS) is 14.1. The monoisotopic (exact) mass is 782 g/mol. The Labute approximate surface area is 334 Å². The molecule has 4 N–H and O–H groups in total. The number of aliphatic hydroxyl groups is 2. The molecule has 0 aromatic rings. The summed E-state index contributed by atoms with van der Waals surface area (Å²) in [6, 6.07) is -1.25. The molecular formula is C46H87NO6S. The van der Waals surface area contributed by atoms with Crippen molar-refractivity contribution in [1.29, 1.82) is 0 Å². The lowest BCUT2D eigenvalue weighted by atomic mass is 10.0. The average Bonchev–Trinajstić information content (AvgIpc) is 3.14. The molecule has 318 valence electrons. The minimum Gasteiger partial charge on any atom is -0.387 e. The predicted octanol–water partition coefficient (Wildman–Crippen LogP) is 12.7. The first kappa shape index (κ1) is 52.5. The lowest BCUT2D eigenvalue weighted by Crippen LogP contribution is -2.50. The summed E-state index contributed by atoms with van der Waals surface area (Å²) in [4.78, 5) is 12.6. The number of nitrogens with one attached hydrogen (secondary N) is 1. The van der Waals surface area contributed by atoms with Gasteiger partial charge in [-0.3, -0.25) is 9.35 Å². The molecule has 0 aliphatic carbocycles. The maximum atomic E-state index is 12.6. The lowest BCUT2D eigenvalue weighted by Gasteiger charge is -2.22. The Hall–Kier alpha value is -1.48. The first-order valence-corrected chi connectivity index (χ1v) is 24.4. The van der Waals surface area contributed by atoms with Crippen molar-refractivity contribution in [3.05, 3.63) is 36.5 Å². The largest absolute Gasteiger partial charge is 0.387 e. The van der Waals surface area contributed by atoms with Crippen LogP contribution in [0.2, 0.25) is 0 Å². The van der Waals surface area contributed by atoms with Crippen molar-refractivity contribution >= 4 is 16.0 Å². The van der Waals surface area contributed by atoms with Crippen molar-refractivity contribution in [3.8, 4) is 0 Å². The molecule has 3 unspecified atom stereocenters. The van der Waals surface area contributed by atoms with Crippen molar-refractivity contribution in [2.24, 2.45) is 0 Å². The van der Waals surface area contributed by atoms with Crippen molar-refractivity contribution in [1.82, 2.24) is 5.32 Å². The van der Waals surface area contributed by atoms with Crippen LogP contribution in [-0.2, 0) is 14.9 Å². The molecule has 0 bridgehead atoms. The molecule has 0 radical (unpaired) electrons. The Balaban J connectivity index is 4.03. The summed E-state index contributed by atoms with van der Waals surface area (Å²) in [5.41, 5.74) is 0. The molecule has 1 amide bonds. The third-order valence-corrected chi connectivity index (χ3v) is 11.2. The third kappa shape index (κ3) is 38.8. The van der Waals surface area contributed by atoms with Crippen LogP contribution in [0.15, 0.2) is 36.5 Å². The van der Waals surface area contributed by atoms with Crippen LogP contribution in [-0.4, -0.2) is 53.1 Å². The highest BCUT2D eigenvalue weighted by molar-refractivity contribution is 7.85. The number of allylic oxidation sites excluding steroid dienone is 5. The van der Waals surface area contributed by atoms with Gasteiger partial charge in [0.25, 0.3) is 10.1 Å². The van der Waals surface area contributed by atoms with Gasteiger partial charge in [-0.25, -0.2) is 0 Å². The van der Waals surface area contributed by atoms with Gasteiger partial charge in [-0.2, -0.15) is 8.42 Å². The number of amides is 1. The number of hydrogen-bond acceptors (Lipinski definition) is 5. The summed E-state index contributed by atoms with van der Waals surface area (Å²) in [6.07, 6.45) is 49.2. The fraction of sp³-hybridized carbons (Fsp3) is 0.848. The number of carbonyl (C=O) groups excluding carboxylic acids is 1. The number of aliphatic hydroxyl groups excluding tert-OH is 2. The molecule has 54 heavy (non-hydrogen) atoms. The average molecular weight is 782 g/mol. The Morgan fingerprint density at radius 3 is 1.22 bits per heavy atom. The number of hydrogen-bond donors (Lipinski definition) is 4. The van der Waals surface area contributed by atoms with E-state index in [4.69, 9.17) is 0 Å². The first-order chi connectivity index (χ1) is 26.2. The summed E-state index contributed by atoms with van der Waals surface area (Å²) in [6.45, 7) is 4.52. The first-order valence-electron chi connectivity index (χ1n) is 22.8. The topological polar surface area (TPSA) is 124 Å². The summed E-state index contributed by atoms with van der Waals surface area (Å²) in [5, 5.41) is 23.4. The van der Waals surface area contributed by atoms with Crippen LogP contribution in [0.4, 0.5) is 0 Å². The molecule has 0 rings (SSSR count). The SMILES string of the molecule is CCCCCCCCCC/C=C\CCCCCCCCC(O)C(=O)NC(CS(=O)(=O)O)C(O)/C=C/CC/C=C/CCCCCCCCCCCCCCC. The van der Waals surface area contributed by atoms with Gasteiger partial charge in [-0.1, -0.05) is 204 Å². The van der Waals surface area contributed by atoms with Crippen LogP contribution in [0.1, 0.15) is 226 Å². The van der Waals surface area contributed by atoms with Gasteiger partial charge in [0.1, 0.15) is 6.10 Å². The van der Waals surface area contributed by atoms with E-state index in [0.717, 1.165) is 38.5 Å². The number of unbranched alkanes of at least 4 members (excludes halogenated alkanes) is 28. The van der Waals surface area contributed by atoms with Crippen LogP contribution < -0.4 is 5.32 Å². The highest BCUT2D eigenvalue weighted by atomic mass is 32.2. The second kappa shape index (κ2) is 39.7. The van der Waals surface area contributed by atoms with Crippen LogP contribution in [0, 0.1) is 0 Å². The van der Waals surface area contributed by atoms with Gasteiger partial charge < -0.3 is 15.5 Å². The Morgan fingerprint density at radius 2 is 0.833 bits per heavy atom. The molecule has 7 nitrogen and oxygen atoms in total. The standard InChI is InChI=1S/C46H87NO6S/c1-3-5-7-9-11-13-15-17-19-21-23-25-26-28-30-32-34-36-38-40-44(48)43(42-54(51,52)53)47-46(50)45(49)41-39-37-35-33-31-29-27-24-22-20-18-16-14-12-10-8-6-4-2/h22,24,30,32,38,40,43-45,48-49H,3-21,23,25-29,31,33-37,39,41-42H2,1-2H3,(H,47,50)(H,51,52,53)/b24-22-,32-30+,40-38+. The van der Waals surface area contributed by atoms with E-state index in [0.29, 0.717) is 12.8 Å². The minimum absolute atomic E-state index is 0.267. The summed E-state index contributed by atoms with van der Waals surface area (Å²) in [7, 11) is -4.46. The van der Waals surface area contributed by atoms with E-state index in [1.54, 1.807) is 6.08 Å². The smallest absolute Gasteiger partial charge is 0.267 e. The van der Waals surface area contributed by atoms with Crippen LogP contribution in [0.5, 0.6) is 0 Å². The molecule has 8 heteroatoms. The van der Waals surface area contributed by atoms with Gasteiger partial charge in [-0.05, 0) is 57.8 Å². The lowest BCUT2D eigenvalue weighted by molar-refractivity contribution is -0.130. The fourth-order valence-electron chi connectivity index (χ4n) is 6.88. The maximum Gasteiger partial charge on any atom is 0.267 e. The molecule has 0 fully saturated rings. The Bertz CT molecular complexity index is 1010. The van der Waals surface area contributed by atoms with Gasteiger partial charge in [0.05, 0.1) is 17.9 Å². The van der Waals surface area contributed by atoms with Gasteiger partial charge in [-0.15, -0.1) is 0 Å². The van der Waals surface area contributed by atoms with E-state index in [9.17, 15) is 28.0 Å². The molecule has 0 aromatic heterocycles. The molecule has 0 saturated heterocycles. The van der Waals surface area contributed by atoms with Crippen LogP contribution >= 0.6 is 0 Å². The van der Waals surface area contributed by atoms with Crippen LogP contribution in [0.3, 0.4) is 0 Å². The zero-order valence-corrected chi connectivity index (χ0v) is 36.0. The summed E-state index contributed by atoms with van der Waals surface area (Å²) in [5.74, 6) is -1.56. The zero-order chi connectivity index (χ0) is 39.8. The quantitative estimate of drug-likeness (QED) is 0.0278. The number of carbonyl (C=O) groups is 1. The molecule has 0 saturated carbocycles. The molecule has 0 aromatic carbocycles. The minimum atomic E-state index is -4.46. The Morgan fingerprint density at radius 1 is 0.500 bits per heavy atom. The molecule has 0 aliphatic rings. The fourth-order valence-corrected chi connectivity index (χ4v) is 7.61. The van der Waals surface area contributed by atoms with E-state index < -0.39 is 40.0 Å². The van der Waals surface area contributed by atoms with Gasteiger partial charge >= 0.3 is 0 Å². The zero-order valence-electron chi connectivity index (χ0n) is 35.2. The summed E-state index contributed by atoms with van der Waals surface area (Å²) >= 11 is 0.